The highest BCUT2D eigenvalue weighted by Crippen LogP contribution is 2.15. The Labute approximate surface area is 95.4 Å². The van der Waals surface area contributed by atoms with E-state index in [4.69, 9.17) is 5.84 Å². The molecular weight excluding hydrogens is 204 g/mol. The predicted molar refractivity (Wildman–Crippen MR) is 64.2 cm³/mol. The molecule has 0 aliphatic carbocycles. The van der Waals surface area contributed by atoms with E-state index in [0.29, 0.717) is 5.82 Å². The van der Waals surface area contributed by atoms with Crippen molar-refractivity contribution >= 4 is 11.6 Å². The molecule has 0 atom stereocenters. The van der Waals surface area contributed by atoms with Gasteiger partial charge in [-0.25, -0.2) is 15.8 Å². The molecule has 6 nitrogen and oxygen atoms in total. The van der Waals surface area contributed by atoms with Crippen molar-refractivity contribution in [3.63, 3.8) is 0 Å². The predicted octanol–water partition coefficient (Wildman–Crippen LogP) is -0.0959. The Morgan fingerprint density at radius 3 is 2.69 bits per heavy atom. The first-order chi connectivity index (χ1) is 7.83. The lowest BCUT2D eigenvalue weighted by molar-refractivity contribution is 0.270. The number of hydrazine groups is 1. The third-order valence-electron chi connectivity index (χ3n) is 2.94. The number of hydrogen-bond donors (Lipinski definition) is 2. The van der Waals surface area contributed by atoms with Crippen LogP contribution in [0.2, 0.25) is 0 Å². The number of rotatable bonds is 3. The van der Waals surface area contributed by atoms with Crippen LogP contribution in [0.4, 0.5) is 11.6 Å². The van der Waals surface area contributed by atoms with E-state index >= 15 is 0 Å². The largest absolute Gasteiger partial charge is 0.354 e. The topological polar surface area (TPSA) is 70.3 Å². The summed E-state index contributed by atoms with van der Waals surface area (Å²) in [5, 5.41) is 0. The van der Waals surface area contributed by atoms with Gasteiger partial charge in [0.25, 0.3) is 0 Å². The summed E-state index contributed by atoms with van der Waals surface area (Å²) in [6.07, 6.45) is 1.54. The number of aromatic nitrogens is 2. The van der Waals surface area contributed by atoms with Gasteiger partial charge in [-0.1, -0.05) is 6.92 Å². The van der Waals surface area contributed by atoms with Crippen molar-refractivity contribution in [2.45, 2.75) is 6.92 Å². The van der Waals surface area contributed by atoms with Gasteiger partial charge in [-0.2, -0.15) is 0 Å². The Hall–Kier alpha value is -1.40. The second-order valence-electron chi connectivity index (χ2n) is 3.83. The van der Waals surface area contributed by atoms with Crippen LogP contribution in [0.25, 0.3) is 0 Å². The Bertz CT molecular complexity index is 334. The fourth-order valence-corrected chi connectivity index (χ4v) is 1.89. The van der Waals surface area contributed by atoms with Gasteiger partial charge in [-0.15, -0.1) is 0 Å². The van der Waals surface area contributed by atoms with Gasteiger partial charge in [0.2, 0.25) is 0 Å². The number of piperazine rings is 1. The lowest BCUT2D eigenvalue weighted by atomic mass is 10.3. The molecule has 1 fully saturated rings. The standard InChI is InChI=1S/C10H18N6/c1-2-15-3-5-16(6-4-15)10-7-9(14-11)12-8-13-10/h7-8H,2-6,11H2,1H3,(H,12,13,14). The molecule has 3 N–H and O–H groups in total. The summed E-state index contributed by atoms with van der Waals surface area (Å²) in [6.45, 7) is 7.51. The third kappa shape index (κ3) is 2.40. The molecule has 2 heterocycles. The molecule has 1 aromatic rings. The van der Waals surface area contributed by atoms with Gasteiger partial charge in [0.15, 0.2) is 0 Å². The van der Waals surface area contributed by atoms with Crippen LogP contribution in [0.3, 0.4) is 0 Å². The molecule has 88 valence electrons. The minimum Gasteiger partial charge on any atom is -0.354 e. The molecule has 6 heteroatoms. The lowest BCUT2D eigenvalue weighted by Crippen LogP contribution is -2.46. The number of nitrogens with two attached hydrogens (primary N) is 1. The summed E-state index contributed by atoms with van der Waals surface area (Å²) < 4.78 is 0. The van der Waals surface area contributed by atoms with Crippen LogP contribution >= 0.6 is 0 Å². The van der Waals surface area contributed by atoms with Crippen LogP contribution in [-0.2, 0) is 0 Å². The summed E-state index contributed by atoms with van der Waals surface area (Å²) in [7, 11) is 0. The monoisotopic (exact) mass is 222 g/mol. The van der Waals surface area contributed by atoms with Crippen molar-refractivity contribution in [2.75, 3.05) is 43.0 Å². The van der Waals surface area contributed by atoms with Crippen molar-refractivity contribution in [1.29, 1.82) is 0 Å². The highest BCUT2D eigenvalue weighted by atomic mass is 15.3. The molecule has 16 heavy (non-hydrogen) atoms. The molecule has 0 unspecified atom stereocenters. The molecule has 0 bridgehead atoms. The Morgan fingerprint density at radius 1 is 1.31 bits per heavy atom. The molecule has 0 radical (unpaired) electrons. The van der Waals surface area contributed by atoms with Crippen molar-refractivity contribution in [2.24, 2.45) is 5.84 Å². The number of likely N-dealkylation sites (N-methyl/N-ethyl adjacent to an activating group) is 1. The second-order valence-corrected chi connectivity index (χ2v) is 3.83. The molecule has 0 aromatic carbocycles. The summed E-state index contributed by atoms with van der Waals surface area (Å²) >= 11 is 0. The smallest absolute Gasteiger partial charge is 0.145 e. The quantitative estimate of drug-likeness (QED) is 0.550. The minimum atomic E-state index is 0.655. The van der Waals surface area contributed by atoms with Crippen molar-refractivity contribution in [1.82, 2.24) is 14.9 Å². The van der Waals surface area contributed by atoms with E-state index in [1.165, 1.54) is 6.33 Å². The summed E-state index contributed by atoms with van der Waals surface area (Å²) in [4.78, 5) is 13.0. The van der Waals surface area contributed by atoms with Crippen molar-refractivity contribution in [3.8, 4) is 0 Å². The van der Waals surface area contributed by atoms with Gasteiger partial charge in [0.05, 0.1) is 0 Å². The number of nitrogens with one attached hydrogen (secondary N) is 1. The number of anilines is 2. The third-order valence-corrected chi connectivity index (χ3v) is 2.94. The molecule has 0 amide bonds. The van der Waals surface area contributed by atoms with Gasteiger partial charge in [0.1, 0.15) is 18.0 Å². The molecule has 1 aliphatic heterocycles. The maximum Gasteiger partial charge on any atom is 0.145 e. The summed E-state index contributed by atoms with van der Waals surface area (Å²) in [5.74, 6) is 6.92. The van der Waals surface area contributed by atoms with Crippen LogP contribution in [0, 0.1) is 0 Å². The van der Waals surface area contributed by atoms with Crippen molar-refractivity contribution < 1.29 is 0 Å². The molecule has 0 saturated carbocycles. The second kappa shape index (κ2) is 5.09. The van der Waals surface area contributed by atoms with Crippen LogP contribution in [0.5, 0.6) is 0 Å². The Kier molecular flexibility index (Phi) is 3.53. The Morgan fingerprint density at radius 2 is 2.06 bits per heavy atom. The Balaban J connectivity index is 2.02. The van der Waals surface area contributed by atoms with Crippen molar-refractivity contribution in [3.05, 3.63) is 12.4 Å². The zero-order chi connectivity index (χ0) is 11.4. The summed E-state index contributed by atoms with van der Waals surface area (Å²) in [5.41, 5.74) is 2.54. The molecule has 1 aliphatic rings. The van der Waals surface area contributed by atoms with Crippen LogP contribution < -0.4 is 16.2 Å². The SMILES string of the molecule is CCN1CCN(c2cc(NN)ncn2)CC1. The fourth-order valence-electron chi connectivity index (χ4n) is 1.89. The summed E-state index contributed by atoms with van der Waals surface area (Å²) in [6, 6.07) is 1.88. The molecule has 0 spiro atoms. The zero-order valence-corrected chi connectivity index (χ0v) is 9.56. The van der Waals surface area contributed by atoms with E-state index in [9.17, 15) is 0 Å². The van der Waals surface area contributed by atoms with E-state index in [-0.39, 0.29) is 0 Å². The number of nitrogens with zero attached hydrogens (tertiary/aromatic N) is 4. The highest BCUT2D eigenvalue weighted by molar-refractivity contribution is 5.48. The van der Waals surface area contributed by atoms with Gasteiger partial charge in [-0.05, 0) is 6.54 Å². The normalized spacial score (nSPS) is 17.5. The maximum absolute atomic E-state index is 5.32. The first kappa shape index (κ1) is 11.1. The van der Waals surface area contributed by atoms with E-state index in [2.05, 4.69) is 32.1 Å². The molecule has 2 rings (SSSR count). The van der Waals surface area contributed by atoms with E-state index < -0.39 is 0 Å². The molecule has 1 aromatic heterocycles. The molecule has 1 saturated heterocycles. The lowest BCUT2D eigenvalue weighted by Gasteiger charge is -2.34. The van der Waals surface area contributed by atoms with Gasteiger partial charge in [0, 0.05) is 32.2 Å². The zero-order valence-electron chi connectivity index (χ0n) is 9.56. The van der Waals surface area contributed by atoms with Gasteiger partial charge >= 0.3 is 0 Å². The minimum absolute atomic E-state index is 0.655. The fraction of sp³-hybridized carbons (Fsp3) is 0.600. The first-order valence-corrected chi connectivity index (χ1v) is 5.59. The van der Waals surface area contributed by atoms with Crippen LogP contribution in [-0.4, -0.2) is 47.6 Å². The van der Waals surface area contributed by atoms with E-state index in [1.807, 2.05) is 6.07 Å². The van der Waals surface area contributed by atoms with Crippen LogP contribution in [0.1, 0.15) is 6.92 Å². The molecular formula is C10H18N6. The van der Waals surface area contributed by atoms with E-state index in [0.717, 1.165) is 38.5 Å². The number of hydrogen-bond acceptors (Lipinski definition) is 6. The van der Waals surface area contributed by atoms with Gasteiger partial charge in [-0.3, -0.25) is 0 Å². The van der Waals surface area contributed by atoms with E-state index in [1.54, 1.807) is 0 Å². The number of nitrogen functional groups attached to an aromatic ring is 1. The van der Waals surface area contributed by atoms with Gasteiger partial charge < -0.3 is 15.2 Å². The average Bonchev–Trinajstić information content (AvgIpc) is 2.39. The average molecular weight is 222 g/mol. The maximum atomic E-state index is 5.32. The van der Waals surface area contributed by atoms with Crippen LogP contribution in [0.15, 0.2) is 12.4 Å². The highest BCUT2D eigenvalue weighted by Gasteiger charge is 2.16. The first-order valence-electron chi connectivity index (χ1n) is 5.59.